The van der Waals surface area contributed by atoms with Gasteiger partial charge in [0, 0.05) is 12.8 Å². The average molecular weight is 170 g/mol. The molecule has 1 heterocycles. The lowest BCUT2D eigenvalue weighted by Crippen LogP contribution is -2.12. The Morgan fingerprint density at radius 1 is 1.67 bits per heavy atom. The monoisotopic (exact) mass is 170 g/mol. The number of hydrogen-bond acceptors (Lipinski definition) is 3. The first-order chi connectivity index (χ1) is 5.74. The van der Waals surface area contributed by atoms with Gasteiger partial charge in [-0.05, 0) is 12.8 Å². The second-order valence-corrected chi connectivity index (χ2v) is 3.15. The third kappa shape index (κ3) is 2.32. The molecule has 0 saturated carbocycles. The molecule has 1 fully saturated rings. The third-order valence-corrected chi connectivity index (χ3v) is 2.05. The van der Waals surface area contributed by atoms with Gasteiger partial charge in [0.25, 0.3) is 0 Å². The lowest BCUT2D eigenvalue weighted by molar-refractivity contribution is -0.142. The van der Waals surface area contributed by atoms with Gasteiger partial charge >= 0.3 is 5.97 Å². The minimum atomic E-state index is -0.195. The summed E-state index contributed by atoms with van der Waals surface area (Å²) in [6, 6.07) is 0. The summed E-state index contributed by atoms with van der Waals surface area (Å²) in [5, 5.41) is 0. The predicted molar refractivity (Wildman–Crippen MR) is 43.6 cm³/mol. The van der Waals surface area contributed by atoms with E-state index in [0.29, 0.717) is 25.9 Å². The molecule has 1 saturated heterocycles. The Hall–Kier alpha value is -0.860. The fourth-order valence-corrected chi connectivity index (χ4v) is 1.38. The number of Topliss-reactive ketones (excluding diaryl/α,β-unsaturated/α-hetero) is 1. The minimum Gasteiger partial charge on any atom is -0.465 e. The smallest absolute Gasteiger partial charge is 0.309 e. The van der Waals surface area contributed by atoms with Crippen molar-refractivity contribution in [3.63, 3.8) is 0 Å². The molecule has 1 atom stereocenters. The van der Waals surface area contributed by atoms with Gasteiger partial charge in [0.15, 0.2) is 0 Å². The zero-order valence-electron chi connectivity index (χ0n) is 7.34. The minimum absolute atomic E-state index is 0.149. The first-order valence-electron chi connectivity index (χ1n) is 4.42. The second-order valence-electron chi connectivity index (χ2n) is 3.15. The summed E-state index contributed by atoms with van der Waals surface area (Å²) in [5.41, 5.74) is 0. The van der Waals surface area contributed by atoms with Crippen LogP contribution in [0.4, 0.5) is 0 Å². The van der Waals surface area contributed by atoms with Crippen molar-refractivity contribution < 1.29 is 14.3 Å². The lowest BCUT2D eigenvalue weighted by atomic mass is 9.99. The molecule has 1 unspecified atom stereocenters. The van der Waals surface area contributed by atoms with Gasteiger partial charge < -0.3 is 4.74 Å². The van der Waals surface area contributed by atoms with Crippen molar-refractivity contribution >= 4 is 11.8 Å². The Morgan fingerprint density at radius 3 is 2.92 bits per heavy atom. The van der Waals surface area contributed by atoms with Crippen LogP contribution in [-0.4, -0.2) is 18.4 Å². The van der Waals surface area contributed by atoms with E-state index in [2.05, 4.69) is 0 Å². The van der Waals surface area contributed by atoms with E-state index < -0.39 is 0 Å². The van der Waals surface area contributed by atoms with Crippen LogP contribution in [0.1, 0.15) is 32.6 Å². The summed E-state index contributed by atoms with van der Waals surface area (Å²) in [4.78, 5) is 22.1. The molecule has 0 spiro atoms. The normalized spacial score (nSPS) is 22.4. The third-order valence-electron chi connectivity index (χ3n) is 2.05. The molecule has 3 nitrogen and oxygen atoms in total. The Labute approximate surface area is 72.1 Å². The van der Waals surface area contributed by atoms with Crippen LogP contribution in [0.3, 0.4) is 0 Å². The first-order valence-corrected chi connectivity index (χ1v) is 4.42. The zero-order chi connectivity index (χ0) is 8.97. The first kappa shape index (κ1) is 9.23. The number of carbonyl (C=O) groups is 2. The molecule has 0 aromatic heterocycles. The van der Waals surface area contributed by atoms with Gasteiger partial charge in [-0.1, -0.05) is 6.92 Å². The maximum absolute atomic E-state index is 11.1. The molecule has 0 aromatic rings. The van der Waals surface area contributed by atoms with E-state index in [9.17, 15) is 9.59 Å². The predicted octanol–water partition coefficient (Wildman–Crippen LogP) is 1.31. The Morgan fingerprint density at radius 2 is 2.42 bits per heavy atom. The summed E-state index contributed by atoms with van der Waals surface area (Å²) in [6.45, 7) is 2.45. The number of hydrogen-bond donors (Lipinski definition) is 0. The van der Waals surface area contributed by atoms with E-state index in [1.54, 1.807) is 0 Å². The molecule has 0 bridgehead atoms. The molecule has 1 aliphatic heterocycles. The lowest BCUT2D eigenvalue weighted by Gasteiger charge is -2.02. The van der Waals surface area contributed by atoms with Crippen molar-refractivity contribution in [2.24, 2.45) is 5.92 Å². The number of rotatable bonds is 4. The van der Waals surface area contributed by atoms with Gasteiger partial charge in [0.1, 0.15) is 5.78 Å². The Kier molecular flexibility index (Phi) is 3.26. The van der Waals surface area contributed by atoms with E-state index in [1.807, 2.05) is 6.92 Å². The quantitative estimate of drug-likeness (QED) is 0.597. The molecule has 12 heavy (non-hydrogen) atoms. The second kappa shape index (κ2) is 4.24. The Bertz CT molecular complexity index is 186. The fourth-order valence-electron chi connectivity index (χ4n) is 1.38. The summed E-state index contributed by atoms with van der Waals surface area (Å²) in [6.07, 6.45) is 2.55. The molecule has 1 rings (SSSR count). The largest absolute Gasteiger partial charge is 0.465 e. The van der Waals surface area contributed by atoms with Crippen LogP contribution >= 0.6 is 0 Å². The van der Waals surface area contributed by atoms with Crippen molar-refractivity contribution in [2.75, 3.05) is 6.61 Å². The molecule has 0 amide bonds. The molecular weight excluding hydrogens is 156 g/mol. The highest BCUT2D eigenvalue weighted by Gasteiger charge is 2.27. The SMILES string of the molecule is CCCC(=O)CC1CCOC1=O. The van der Waals surface area contributed by atoms with E-state index in [4.69, 9.17) is 4.74 Å². The molecular formula is C9H14O3. The summed E-state index contributed by atoms with van der Waals surface area (Å²) in [7, 11) is 0. The number of carbonyl (C=O) groups excluding carboxylic acids is 2. The topological polar surface area (TPSA) is 43.4 Å². The Balaban J connectivity index is 2.30. The molecule has 0 aromatic carbocycles. The van der Waals surface area contributed by atoms with E-state index in [0.717, 1.165) is 6.42 Å². The van der Waals surface area contributed by atoms with E-state index in [1.165, 1.54) is 0 Å². The van der Waals surface area contributed by atoms with Gasteiger partial charge in [0.2, 0.25) is 0 Å². The highest BCUT2D eigenvalue weighted by molar-refractivity contribution is 5.85. The maximum atomic E-state index is 11.1. The molecule has 1 aliphatic rings. The van der Waals surface area contributed by atoms with Crippen LogP contribution in [0, 0.1) is 5.92 Å². The molecule has 0 aliphatic carbocycles. The molecule has 3 heteroatoms. The van der Waals surface area contributed by atoms with Crippen LogP contribution in [0.2, 0.25) is 0 Å². The van der Waals surface area contributed by atoms with E-state index >= 15 is 0 Å². The van der Waals surface area contributed by atoms with Crippen molar-refractivity contribution in [1.29, 1.82) is 0 Å². The van der Waals surface area contributed by atoms with Crippen molar-refractivity contribution in [3.05, 3.63) is 0 Å². The van der Waals surface area contributed by atoms with Gasteiger partial charge in [0.05, 0.1) is 12.5 Å². The van der Waals surface area contributed by atoms with Crippen molar-refractivity contribution in [3.8, 4) is 0 Å². The van der Waals surface area contributed by atoms with Crippen LogP contribution < -0.4 is 0 Å². The van der Waals surface area contributed by atoms with E-state index in [-0.39, 0.29) is 17.7 Å². The number of ketones is 1. The van der Waals surface area contributed by atoms with Gasteiger partial charge in [-0.15, -0.1) is 0 Å². The maximum Gasteiger partial charge on any atom is 0.309 e. The van der Waals surface area contributed by atoms with Gasteiger partial charge in [-0.2, -0.15) is 0 Å². The molecule has 68 valence electrons. The van der Waals surface area contributed by atoms with Crippen molar-refractivity contribution in [1.82, 2.24) is 0 Å². The molecule has 0 N–H and O–H groups in total. The van der Waals surface area contributed by atoms with Crippen LogP contribution in [0.15, 0.2) is 0 Å². The fraction of sp³-hybridized carbons (Fsp3) is 0.778. The summed E-state index contributed by atoms with van der Waals surface area (Å²) in [5.74, 6) is -0.162. The number of cyclic esters (lactones) is 1. The number of esters is 1. The van der Waals surface area contributed by atoms with Gasteiger partial charge in [-0.25, -0.2) is 0 Å². The highest BCUT2D eigenvalue weighted by atomic mass is 16.5. The average Bonchev–Trinajstić information content (AvgIpc) is 2.37. The standard InChI is InChI=1S/C9H14O3/c1-2-3-8(10)6-7-4-5-12-9(7)11/h7H,2-6H2,1H3. The van der Waals surface area contributed by atoms with Crippen LogP contribution in [0.5, 0.6) is 0 Å². The number of ether oxygens (including phenoxy) is 1. The highest BCUT2D eigenvalue weighted by Crippen LogP contribution is 2.19. The summed E-state index contributed by atoms with van der Waals surface area (Å²) < 4.78 is 4.75. The molecule has 0 radical (unpaired) electrons. The van der Waals surface area contributed by atoms with Crippen molar-refractivity contribution in [2.45, 2.75) is 32.6 Å². The van der Waals surface area contributed by atoms with Gasteiger partial charge in [-0.3, -0.25) is 9.59 Å². The van der Waals surface area contributed by atoms with Crippen LogP contribution in [-0.2, 0) is 14.3 Å². The van der Waals surface area contributed by atoms with Crippen LogP contribution in [0.25, 0.3) is 0 Å². The summed E-state index contributed by atoms with van der Waals surface area (Å²) >= 11 is 0. The zero-order valence-corrected chi connectivity index (χ0v) is 7.34.